The van der Waals surface area contributed by atoms with Gasteiger partial charge in [-0.05, 0) is 43.5 Å². The minimum atomic E-state index is -0.261. The van der Waals surface area contributed by atoms with Gasteiger partial charge in [0.1, 0.15) is 5.75 Å². The molecule has 0 aromatic heterocycles. The highest BCUT2D eigenvalue weighted by molar-refractivity contribution is 5.91. The van der Waals surface area contributed by atoms with Crippen LogP contribution in [0, 0.1) is 6.92 Å². The first-order valence-corrected chi connectivity index (χ1v) is 6.70. The van der Waals surface area contributed by atoms with Crippen molar-refractivity contribution >= 4 is 5.97 Å². The van der Waals surface area contributed by atoms with Gasteiger partial charge >= 0.3 is 5.97 Å². The zero-order chi connectivity index (χ0) is 14.1. The van der Waals surface area contributed by atoms with Crippen molar-refractivity contribution < 1.29 is 14.3 Å². The van der Waals surface area contributed by atoms with E-state index in [4.69, 9.17) is 9.47 Å². The first kappa shape index (κ1) is 15.3. The molecule has 0 unspecified atom stereocenters. The highest BCUT2D eigenvalue weighted by Crippen LogP contribution is 2.18. The lowest BCUT2D eigenvalue weighted by Crippen LogP contribution is -2.08. The average molecular weight is 262 g/mol. The van der Waals surface area contributed by atoms with Gasteiger partial charge in [-0.2, -0.15) is 0 Å². The smallest absolute Gasteiger partial charge is 0.338 e. The summed E-state index contributed by atoms with van der Waals surface area (Å²) in [5.74, 6) is 0.507. The van der Waals surface area contributed by atoms with Crippen molar-refractivity contribution in [1.82, 2.24) is 0 Å². The summed E-state index contributed by atoms with van der Waals surface area (Å²) in [5.41, 5.74) is 1.48. The molecule has 0 radical (unpaired) electrons. The lowest BCUT2D eigenvalue weighted by Gasteiger charge is -2.09. The molecule has 0 aliphatic heterocycles. The van der Waals surface area contributed by atoms with Gasteiger partial charge in [0.05, 0.1) is 18.8 Å². The van der Waals surface area contributed by atoms with E-state index in [1.807, 2.05) is 19.1 Å². The van der Waals surface area contributed by atoms with Gasteiger partial charge in [-0.25, -0.2) is 4.79 Å². The van der Waals surface area contributed by atoms with Crippen LogP contribution in [0.25, 0.3) is 0 Å². The SMILES string of the molecule is C=CCCOc1ccc(C(=O)OCCCC)c(C)c1. The van der Waals surface area contributed by atoms with Crippen LogP contribution >= 0.6 is 0 Å². The Hall–Kier alpha value is -1.77. The van der Waals surface area contributed by atoms with Crippen molar-refractivity contribution in [2.24, 2.45) is 0 Å². The zero-order valence-electron chi connectivity index (χ0n) is 11.8. The fraction of sp³-hybridized carbons (Fsp3) is 0.438. The van der Waals surface area contributed by atoms with Crippen molar-refractivity contribution in [3.63, 3.8) is 0 Å². The normalized spacial score (nSPS) is 10.0. The summed E-state index contributed by atoms with van der Waals surface area (Å²) in [6.45, 7) is 8.67. The van der Waals surface area contributed by atoms with Crippen molar-refractivity contribution in [2.45, 2.75) is 33.1 Å². The molecule has 1 rings (SSSR count). The Bertz CT molecular complexity index is 424. The van der Waals surface area contributed by atoms with E-state index >= 15 is 0 Å². The number of ether oxygens (including phenoxy) is 2. The Morgan fingerprint density at radius 1 is 1.37 bits per heavy atom. The molecule has 3 heteroatoms. The molecule has 0 fully saturated rings. The van der Waals surface area contributed by atoms with Gasteiger partial charge in [0, 0.05) is 0 Å². The summed E-state index contributed by atoms with van der Waals surface area (Å²) in [6.07, 6.45) is 4.53. The number of benzene rings is 1. The number of hydrogen-bond acceptors (Lipinski definition) is 3. The minimum Gasteiger partial charge on any atom is -0.493 e. The van der Waals surface area contributed by atoms with Gasteiger partial charge < -0.3 is 9.47 Å². The van der Waals surface area contributed by atoms with Gasteiger partial charge in [-0.15, -0.1) is 6.58 Å². The van der Waals surface area contributed by atoms with Gasteiger partial charge in [0.15, 0.2) is 0 Å². The van der Waals surface area contributed by atoms with Crippen LogP contribution in [0.3, 0.4) is 0 Å². The quantitative estimate of drug-likeness (QED) is 0.405. The van der Waals surface area contributed by atoms with Gasteiger partial charge in [-0.1, -0.05) is 19.4 Å². The van der Waals surface area contributed by atoms with Gasteiger partial charge in [0.2, 0.25) is 0 Å². The second-order valence-corrected chi connectivity index (χ2v) is 4.39. The number of rotatable bonds is 8. The molecule has 0 saturated heterocycles. The molecule has 1 aromatic rings. The lowest BCUT2D eigenvalue weighted by molar-refractivity contribution is 0.0499. The number of hydrogen-bond donors (Lipinski definition) is 0. The van der Waals surface area contributed by atoms with Crippen LogP contribution in [0.1, 0.15) is 42.1 Å². The number of aryl methyl sites for hydroxylation is 1. The molecular weight excluding hydrogens is 240 g/mol. The van der Waals surface area contributed by atoms with Gasteiger partial charge in [-0.3, -0.25) is 0 Å². The second-order valence-electron chi connectivity index (χ2n) is 4.39. The first-order valence-electron chi connectivity index (χ1n) is 6.70. The molecular formula is C16H22O3. The highest BCUT2D eigenvalue weighted by atomic mass is 16.5. The molecule has 0 saturated carbocycles. The molecule has 3 nitrogen and oxygen atoms in total. The Morgan fingerprint density at radius 3 is 2.79 bits per heavy atom. The molecule has 0 amide bonds. The Labute approximate surface area is 115 Å². The Morgan fingerprint density at radius 2 is 2.16 bits per heavy atom. The third-order valence-corrected chi connectivity index (χ3v) is 2.74. The van der Waals surface area contributed by atoms with Gasteiger partial charge in [0.25, 0.3) is 0 Å². The van der Waals surface area contributed by atoms with E-state index in [1.54, 1.807) is 12.1 Å². The second kappa shape index (κ2) is 8.35. The van der Waals surface area contributed by atoms with Crippen LogP contribution in [-0.4, -0.2) is 19.2 Å². The largest absolute Gasteiger partial charge is 0.493 e. The van der Waals surface area contributed by atoms with E-state index in [-0.39, 0.29) is 5.97 Å². The highest BCUT2D eigenvalue weighted by Gasteiger charge is 2.10. The monoisotopic (exact) mass is 262 g/mol. The maximum Gasteiger partial charge on any atom is 0.338 e. The lowest BCUT2D eigenvalue weighted by atomic mass is 10.1. The molecule has 0 heterocycles. The van der Waals surface area contributed by atoms with Crippen LogP contribution < -0.4 is 4.74 Å². The molecule has 1 aromatic carbocycles. The van der Waals surface area contributed by atoms with E-state index < -0.39 is 0 Å². The number of esters is 1. The Kier molecular flexibility index (Phi) is 6.72. The minimum absolute atomic E-state index is 0.261. The maximum absolute atomic E-state index is 11.8. The topological polar surface area (TPSA) is 35.5 Å². The maximum atomic E-state index is 11.8. The van der Waals surface area contributed by atoms with Crippen LogP contribution in [0.15, 0.2) is 30.9 Å². The molecule has 0 bridgehead atoms. The fourth-order valence-electron chi connectivity index (χ4n) is 1.60. The molecule has 19 heavy (non-hydrogen) atoms. The van der Waals surface area contributed by atoms with Crippen molar-refractivity contribution in [2.75, 3.05) is 13.2 Å². The van der Waals surface area contributed by atoms with Crippen molar-refractivity contribution in [3.8, 4) is 5.75 Å². The molecule has 0 atom stereocenters. The third kappa shape index (κ3) is 5.16. The average Bonchev–Trinajstić information content (AvgIpc) is 2.39. The fourth-order valence-corrected chi connectivity index (χ4v) is 1.60. The summed E-state index contributed by atoms with van der Waals surface area (Å²) in [5, 5.41) is 0. The molecule has 0 N–H and O–H groups in total. The van der Waals surface area contributed by atoms with E-state index in [1.165, 1.54) is 0 Å². The Balaban J connectivity index is 2.60. The number of carbonyl (C=O) groups excluding carboxylic acids is 1. The molecule has 104 valence electrons. The number of unbranched alkanes of at least 4 members (excludes halogenated alkanes) is 1. The van der Waals surface area contributed by atoms with E-state index in [2.05, 4.69) is 13.5 Å². The van der Waals surface area contributed by atoms with Crippen LogP contribution in [0.5, 0.6) is 5.75 Å². The summed E-state index contributed by atoms with van der Waals surface area (Å²) >= 11 is 0. The predicted octanol–water partition coefficient (Wildman–Crippen LogP) is 3.91. The van der Waals surface area contributed by atoms with E-state index in [0.29, 0.717) is 18.8 Å². The summed E-state index contributed by atoms with van der Waals surface area (Å²) in [7, 11) is 0. The predicted molar refractivity (Wildman–Crippen MR) is 76.7 cm³/mol. The van der Waals surface area contributed by atoms with E-state index in [9.17, 15) is 4.79 Å². The third-order valence-electron chi connectivity index (χ3n) is 2.74. The first-order chi connectivity index (χ1) is 9.19. The van der Waals surface area contributed by atoms with Crippen LogP contribution in [-0.2, 0) is 4.74 Å². The number of carbonyl (C=O) groups is 1. The molecule has 0 aliphatic carbocycles. The summed E-state index contributed by atoms with van der Waals surface area (Å²) in [6, 6.07) is 5.42. The van der Waals surface area contributed by atoms with Crippen molar-refractivity contribution in [3.05, 3.63) is 42.0 Å². The standard InChI is InChI=1S/C16H22O3/c1-4-6-10-18-14-8-9-15(13(3)12-14)16(17)19-11-7-5-2/h4,8-9,12H,1,5-7,10-11H2,2-3H3. The van der Waals surface area contributed by atoms with Crippen LogP contribution in [0.4, 0.5) is 0 Å². The van der Waals surface area contributed by atoms with Crippen LogP contribution in [0.2, 0.25) is 0 Å². The summed E-state index contributed by atoms with van der Waals surface area (Å²) in [4.78, 5) is 11.8. The summed E-state index contributed by atoms with van der Waals surface area (Å²) < 4.78 is 10.7. The molecule has 0 aliphatic rings. The zero-order valence-corrected chi connectivity index (χ0v) is 11.8. The van der Waals surface area contributed by atoms with Crippen molar-refractivity contribution in [1.29, 1.82) is 0 Å². The molecule has 0 spiro atoms. The van der Waals surface area contributed by atoms with E-state index in [0.717, 1.165) is 30.6 Å².